The first kappa shape index (κ1) is 20.2. The van der Waals surface area contributed by atoms with Crippen molar-refractivity contribution in [3.8, 4) is 0 Å². The average Bonchev–Trinajstić information content (AvgIpc) is 2.62. The van der Waals surface area contributed by atoms with Crippen molar-refractivity contribution in [2.24, 2.45) is 0 Å². The van der Waals surface area contributed by atoms with Crippen molar-refractivity contribution >= 4 is 21.9 Å². The smallest absolute Gasteiger partial charge is 0.337 e. The molecule has 0 amide bonds. The van der Waals surface area contributed by atoms with Crippen molar-refractivity contribution < 1.29 is 23.8 Å². The Morgan fingerprint density at radius 2 is 2.19 bits per heavy atom. The van der Waals surface area contributed by atoms with E-state index in [1.807, 2.05) is 0 Å². The van der Waals surface area contributed by atoms with Gasteiger partial charge in [-0.05, 0) is 24.6 Å². The Kier molecular flexibility index (Phi) is 6.83. The molecule has 0 saturated carbocycles. The van der Waals surface area contributed by atoms with Gasteiger partial charge in [-0.25, -0.2) is 9.18 Å². The summed E-state index contributed by atoms with van der Waals surface area (Å²) in [6.07, 6.45) is -1.05. The van der Waals surface area contributed by atoms with Gasteiger partial charge in [0.1, 0.15) is 5.82 Å². The highest BCUT2D eigenvalue weighted by molar-refractivity contribution is 9.10. The number of ether oxygens (including phenoxy) is 2. The van der Waals surface area contributed by atoms with E-state index in [0.717, 1.165) is 13.1 Å². The molecule has 1 fully saturated rings. The molecule has 0 bridgehead atoms. The quantitative estimate of drug-likeness (QED) is 0.590. The molecule has 3 rings (SSSR count). The molecule has 2 heterocycles. The summed E-state index contributed by atoms with van der Waals surface area (Å²) in [5.74, 6) is -0.871. The molecule has 27 heavy (non-hydrogen) atoms. The fraction of sp³-hybridized carbons (Fsp3) is 0.500. The molecular weight excluding hydrogens is 421 g/mol. The van der Waals surface area contributed by atoms with Crippen LogP contribution in [0.2, 0.25) is 0 Å². The monoisotopic (exact) mass is 443 g/mol. The van der Waals surface area contributed by atoms with Crippen molar-refractivity contribution in [1.82, 2.24) is 15.5 Å². The molecule has 3 N–H and O–H groups in total. The van der Waals surface area contributed by atoms with Crippen molar-refractivity contribution in [1.29, 1.82) is 0 Å². The molecule has 0 spiro atoms. The van der Waals surface area contributed by atoms with Gasteiger partial charge in [0.2, 0.25) is 0 Å². The number of halogens is 2. The van der Waals surface area contributed by atoms with Crippen LogP contribution in [0.25, 0.3) is 0 Å². The largest absolute Gasteiger partial charge is 0.463 e. The highest BCUT2D eigenvalue weighted by atomic mass is 79.9. The number of aliphatic hydroxyl groups is 1. The molecular formula is C18H23BrFN3O4. The fourth-order valence-electron chi connectivity index (χ4n) is 3.24. The number of benzene rings is 1. The average molecular weight is 444 g/mol. The maximum atomic E-state index is 13.5. The highest BCUT2D eigenvalue weighted by Gasteiger charge is 2.35. The van der Waals surface area contributed by atoms with Gasteiger partial charge in [-0.2, -0.15) is 0 Å². The number of nitrogens with one attached hydrogen (secondary N) is 2. The Labute approximate surface area is 165 Å². The van der Waals surface area contributed by atoms with Gasteiger partial charge in [-0.1, -0.05) is 22.0 Å². The van der Waals surface area contributed by atoms with E-state index in [1.165, 1.54) is 12.1 Å². The summed E-state index contributed by atoms with van der Waals surface area (Å²) in [5, 5.41) is 16.1. The Balaban J connectivity index is 2.00. The predicted molar refractivity (Wildman–Crippen MR) is 100 cm³/mol. The van der Waals surface area contributed by atoms with Crippen molar-refractivity contribution in [3.63, 3.8) is 0 Å². The molecule has 0 aliphatic carbocycles. The minimum Gasteiger partial charge on any atom is -0.463 e. The first-order valence-electron chi connectivity index (χ1n) is 8.85. The topological polar surface area (TPSA) is 83.1 Å². The van der Waals surface area contributed by atoms with Crippen LogP contribution in [0.1, 0.15) is 18.5 Å². The Morgan fingerprint density at radius 1 is 1.44 bits per heavy atom. The molecule has 2 unspecified atom stereocenters. The van der Waals surface area contributed by atoms with Gasteiger partial charge >= 0.3 is 5.97 Å². The van der Waals surface area contributed by atoms with Crippen LogP contribution in [0.4, 0.5) is 4.39 Å². The first-order valence-corrected chi connectivity index (χ1v) is 9.64. The maximum Gasteiger partial charge on any atom is 0.337 e. The van der Waals surface area contributed by atoms with Crippen LogP contribution in [0.5, 0.6) is 0 Å². The van der Waals surface area contributed by atoms with Gasteiger partial charge in [0.05, 0.1) is 31.4 Å². The highest BCUT2D eigenvalue weighted by Crippen LogP contribution is 2.33. The minimum absolute atomic E-state index is 0.229. The lowest BCUT2D eigenvalue weighted by molar-refractivity contribution is -0.139. The van der Waals surface area contributed by atoms with Crippen LogP contribution in [0.3, 0.4) is 0 Å². The summed E-state index contributed by atoms with van der Waals surface area (Å²) < 4.78 is 24.6. The number of carbonyl (C=O) groups is 1. The number of hydrogen-bond donors (Lipinski definition) is 3. The zero-order chi connectivity index (χ0) is 19.4. The molecule has 9 heteroatoms. The van der Waals surface area contributed by atoms with Crippen molar-refractivity contribution in [2.75, 3.05) is 39.5 Å². The number of aliphatic hydroxyl groups excluding tert-OH is 1. The molecule has 7 nitrogen and oxygen atoms in total. The third kappa shape index (κ3) is 4.85. The van der Waals surface area contributed by atoms with E-state index >= 15 is 0 Å². The second-order valence-electron chi connectivity index (χ2n) is 6.31. The van der Waals surface area contributed by atoms with Crippen LogP contribution in [-0.2, 0) is 14.3 Å². The Bertz CT molecular complexity index is 725. The second kappa shape index (κ2) is 9.11. The van der Waals surface area contributed by atoms with E-state index in [9.17, 15) is 14.3 Å². The number of rotatable bonds is 5. The van der Waals surface area contributed by atoms with Gasteiger partial charge < -0.3 is 19.9 Å². The van der Waals surface area contributed by atoms with E-state index in [4.69, 9.17) is 9.47 Å². The van der Waals surface area contributed by atoms with Crippen molar-refractivity contribution in [3.05, 3.63) is 45.3 Å². The lowest BCUT2D eigenvalue weighted by Crippen LogP contribution is -2.53. The molecule has 0 radical (unpaired) electrons. The molecule has 1 aromatic carbocycles. The Hall–Kier alpha value is -1.52. The van der Waals surface area contributed by atoms with Gasteiger partial charge in [-0.15, -0.1) is 0 Å². The summed E-state index contributed by atoms with van der Waals surface area (Å²) in [7, 11) is 0. The van der Waals surface area contributed by atoms with Crippen molar-refractivity contribution in [2.45, 2.75) is 19.3 Å². The molecule has 148 valence electrons. The minimum atomic E-state index is -1.05. The summed E-state index contributed by atoms with van der Waals surface area (Å²) >= 11 is 3.35. The maximum absolute atomic E-state index is 13.5. The zero-order valence-electron chi connectivity index (χ0n) is 15.0. The predicted octanol–water partition coefficient (Wildman–Crippen LogP) is 1.25. The van der Waals surface area contributed by atoms with Crippen LogP contribution >= 0.6 is 15.9 Å². The lowest BCUT2D eigenvalue weighted by Gasteiger charge is -2.36. The van der Waals surface area contributed by atoms with Gasteiger partial charge in [0.15, 0.2) is 6.35 Å². The molecule has 1 aromatic rings. The van der Waals surface area contributed by atoms with E-state index < -0.39 is 24.2 Å². The standard InChI is InChI=1S/C18H23BrFN3O4/c1-2-27-17(24)15-14(10-23-5-7-26-8-6-23)21-18(25)22-16(15)12-4-3-11(20)9-13(12)19/h3-4,9,16,18,21-22,25H,2,5-8,10H2,1H3. The fourth-order valence-corrected chi connectivity index (χ4v) is 3.82. The summed E-state index contributed by atoms with van der Waals surface area (Å²) in [5.41, 5.74) is 1.60. The van der Waals surface area contributed by atoms with E-state index in [0.29, 0.717) is 41.1 Å². The lowest BCUT2D eigenvalue weighted by atomic mass is 9.94. The molecule has 2 atom stereocenters. The molecule has 0 aromatic heterocycles. The zero-order valence-corrected chi connectivity index (χ0v) is 16.6. The number of esters is 1. The number of hydrogen-bond acceptors (Lipinski definition) is 7. The summed E-state index contributed by atoms with van der Waals surface area (Å²) in [6, 6.07) is 3.59. The van der Waals surface area contributed by atoms with Crippen LogP contribution in [0.15, 0.2) is 33.9 Å². The number of carbonyl (C=O) groups excluding carboxylic acids is 1. The van der Waals surface area contributed by atoms with E-state index in [-0.39, 0.29) is 6.61 Å². The summed E-state index contributed by atoms with van der Waals surface area (Å²) in [4.78, 5) is 14.9. The molecule has 2 aliphatic heterocycles. The molecule has 1 saturated heterocycles. The number of morpholine rings is 1. The SMILES string of the molecule is CCOC(=O)C1=C(CN2CCOCC2)NC(O)NC1c1ccc(F)cc1Br. The van der Waals surface area contributed by atoms with Gasteiger partial charge in [0.25, 0.3) is 0 Å². The number of nitrogens with zero attached hydrogens (tertiary/aromatic N) is 1. The van der Waals surface area contributed by atoms with Crippen LogP contribution in [0, 0.1) is 5.82 Å². The second-order valence-corrected chi connectivity index (χ2v) is 7.17. The summed E-state index contributed by atoms with van der Waals surface area (Å²) in [6.45, 7) is 5.12. The van der Waals surface area contributed by atoms with Crippen LogP contribution in [-0.4, -0.2) is 61.8 Å². The van der Waals surface area contributed by atoms with Gasteiger partial charge in [-0.3, -0.25) is 10.2 Å². The normalized spacial score (nSPS) is 23.9. The van der Waals surface area contributed by atoms with Crippen LogP contribution < -0.4 is 10.6 Å². The first-order chi connectivity index (χ1) is 13.0. The van der Waals surface area contributed by atoms with E-state index in [1.54, 1.807) is 13.0 Å². The van der Waals surface area contributed by atoms with E-state index in [2.05, 4.69) is 31.5 Å². The Morgan fingerprint density at radius 3 is 2.85 bits per heavy atom. The third-order valence-corrected chi connectivity index (χ3v) is 5.19. The van der Waals surface area contributed by atoms with Gasteiger partial charge in [0, 0.05) is 29.8 Å². The third-order valence-electron chi connectivity index (χ3n) is 4.50. The molecule has 2 aliphatic rings.